The third-order valence-electron chi connectivity index (χ3n) is 2.31. The maximum absolute atomic E-state index is 6.09. The Morgan fingerprint density at radius 2 is 1.82 bits per heavy atom. The molecule has 0 bridgehead atoms. The predicted octanol–water partition coefficient (Wildman–Crippen LogP) is 4.87. The summed E-state index contributed by atoms with van der Waals surface area (Å²) in [5, 5.41) is 1.44. The standard InChI is InChI=1S/C13H11Cl2NS/c14-10-5-6-13(12(16)7-10)17-8-9-3-1-2-4-11(9)15/h1-7H,8,16H2. The average molecular weight is 284 g/mol. The monoisotopic (exact) mass is 283 g/mol. The van der Waals surface area contributed by atoms with E-state index in [0.29, 0.717) is 10.7 Å². The number of nitrogen functional groups attached to an aromatic ring is 1. The van der Waals surface area contributed by atoms with Gasteiger partial charge in [0.2, 0.25) is 0 Å². The fourth-order valence-electron chi connectivity index (χ4n) is 1.42. The van der Waals surface area contributed by atoms with Crippen molar-refractivity contribution in [2.75, 3.05) is 5.73 Å². The van der Waals surface area contributed by atoms with Crippen molar-refractivity contribution in [2.45, 2.75) is 10.6 Å². The SMILES string of the molecule is Nc1cc(Cl)ccc1SCc1ccccc1Cl. The van der Waals surface area contributed by atoms with Gasteiger partial charge in [-0.3, -0.25) is 0 Å². The number of hydrogen-bond acceptors (Lipinski definition) is 2. The Hall–Kier alpha value is -0.830. The van der Waals surface area contributed by atoms with E-state index in [1.54, 1.807) is 17.8 Å². The molecule has 0 aliphatic carbocycles. The Balaban J connectivity index is 2.10. The zero-order valence-corrected chi connectivity index (χ0v) is 11.3. The first-order valence-electron chi connectivity index (χ1n) is 5.08. The molecule has 4 heteroatoms. The Kier molecular flexibility index (Phi) is 4.21. The zero-order valence-electron chi connectivity index (χ0n) is 8.99. The molecule has 17 heavy (non-hydrogen) atoms. The van der Waals surface area contributed by atoms with Crippen LogP contribution in [0.25, 0.3) is 0 Å². The van der Waals surface area contributed by atoms with Crippen LogP contribution in [0.1, 0.15) is 5.56 Å². The molecule has 2 aromatic rings. The first kappa shape index (κ1) is 12.6. The summed E-state index contributed by atoms with van der Waals surface area (Å²) < 4.78 is 0. The second-order valence-electron chi connectivity index (χ2n) is 3.56. The van der Waals surface area contributed by atoms with Crippen molar-refractivity contribution >= 4 is 40.7 Å². The molecule has 0 unspecified atom stereocenters. The molecule has 0 amide bonds. The maximum atomic E-state index is 6.09. The van der Waals surface area contributed by atoms with Crippen LogP contribution in [0.3, 0.4) is 0 Å². The molecule has 0 heterocycles. The minimum atomic E-state index is 0.657. The third kappa shape index (κ3) is 3.32. The lowest BCUT2D eigenvalue weighted by atomic mass is 10.2. The van der Waals surface area contributed by atoms with E-state index in [1.165, 1.54) is 0 Å². The van der Waals surface area contributed by atoms with Gasteiger partial charge in [0, 0.05) is 26.4 Å². The molecule has 0 atom stereocenters. The van der Waals surface area contributed by atoms with Gasteiger partial charge in [-0.05, 0) is 29.8 Å². The summed E-state index contributed by atoms with van der Waals surface area (Å²) in [4.78, 5) is 1.02. The van der Waals surface area contributed by atoms with Gasteiger partial charge in [0.15, 0.2) is 0 Å². The minimum Gasteiger partial charge on any atom is -0.398 e. The molecule has 2 aromatic carbocycles. The number of anilines is 1. The van der Waals surface area contributed by atoms with Crippen LogP contribution in [0.2, 0.25) is 10.0 Å². The first-order chi connectivity index (χ1) is 8.16. The van der Waals surface area contributed by atoms with Crippen LogP contribution in [0.4, 0.5) is 5.69 Å². The smallest absolute Gasteiger partial charge is 0.0467 e. The molecule has 2 N–H and O–H groups in total. The van der Waals surface area contributed by atoms with Crippen molar-refractivity contribution in [2.24, 2.45) is 0 Å². The molecule has 0 aliphatic heterocycles. The fraction of sp³-hybridized carbons (Fsp3) is 0.0769. The topological polar surface area (TPSA) is 26.0 Å². The van der Waals surface area contributed by atoms with Gasteiger partial charge in [0.05, 0.1) is 0 Å². The minimum absolute atomic E-state index is 0.657. The molecule has 0 aromatic heterocycles. The molecule has 0 spiro atoms. The highest BCUT2D eigenvalue weighted by atomic mass is 35.5. The lowest BCUT2D eigenvalue weighted by Gasteiger charge is -2.07. The van der Waals surface area contributed by atoms with E-state index in [2.05, 4.69) is 0 Å². The predicted molar refractivity (Wildman–Crippen MR) is 76.9 cm³/mol. The van der Waals surface area contributed by atoms with Gasteiger partial charge in [-0.25, -0.2) is 0 Å². The van der Waals surface area contributed by atoms with Crippen LogP contribution in [0.5, 0.6) is 0 Å². The van der Waals surface area contributed by atoms with Crippen molar-refractivity contribution < 1.29 is 0 Å². The van der Waals surface area contributed by atoms with E-state index < -0.39 is 0 Å². The van der Waals surface area contributed by atoms with E-state index in [0.717, 1.165) is 21.2 Å². The molecular formula is C13H11Cl2NS. The van der Waals surface area contributed by atoms with Gasteiger partial charge >= 0.3 is 0 Å². The van der Waals surface area contributed by atoms with E-state index in [4.69, 9.17) is 28.9 Å². The van der Waals surface area contributed by atoms with Crippen LogP contribution in [0.15, 0.2) is 47.4 Å². The molecule has 88 valence electrons. The maximum Gasteiger partial charge on any atom is 0.0467 e. The quantitative estimate of drug-likeness (QED) is 0.643. The van der Waals surface area contributed by atoms with Crippen molar-refractivity contribution in [3.63, 3.8) is 0 Å². The molecule has 0 saturated heterocycles. The zero-order chi connectivity index (χ0) is 12.3. The van der Waals surface area contributed by atoms with Crippen LogP contribution in [0, 0.1) is 0 Å². The van der Waals surface area contributed by atoms with E-state index >= 15 is 0 Å². The molecule has 0 radical (unpaired) electrons. The average Bonchev–Trinajstić information content (AvgIpc) is 2.30. The fourth-order valence-corrected chi connectivity index (χ4v) is 2.84. The Labute approximate surface area is 115 Å². The van der Waals surface area contributed by atoms with Gasteiger partial charge in [-0.1, -0.05) is 41.4 Å². The second-order valence-corrected chi connectivity index (χ2v) is 5.42. The second kappa shape index (κ2) is 5.67. The van der Waals surface area contributed by atoms with Crippen molar-refractivity contribution in [1.29, 1.82) is 0 Å². The number of halogens is 2. The number of hydrogen-bond donors (Lipinski definition) is 1. The van der Waals surface area contributed by atoms with Crippen LogP contribution in [-0.2, 0) is 5.75 Å². The van der Waals surface area contributed by atoms with Gasteiger partial charge < -0.3 is 5.73 Å². The number of thioether (sulfide) groups is 1. The van der Waals surface area contributed by atoms with Crippen molar-refractivity contribution in [3.05, 3.63) is 58.1 Å². The van der Waals surface area contributed by atoms with Gasteiger partial charge in [-0.2, -0.15) is 0 Å². The summed E-state index contributed by atoms with van der Waals surface area (Å²) in [6.45, 7) is 0. The first-order valence-corrected chi connectivity index (χ1v) is 6.82. The number of nitrogens with two attached hydrogens (primary N) is 1. The van der Waals surface area contributed by atoms with Crippen molar-refractivity contribution in [1.82, 2.24) is 0 Å². The highest BCUT2D eigenvalue weighted by Crippen LogP contribution is 2.31. The summed E-state index contributed by atoms with van der Waals surface area (Å²) in [5.41, 5.74) is 7.69. The van der Waals surface area contributed by atoms with Gasteiger partial charge in [-0.15, -0.1) is 11.8 Å². The summed E-state index contributed by atoms with van der Waals surface area (Å²) >= 11 is 13.6. The molecule has 0 aliphatic rings. The van der Waals surface area contributed by atoms with E-state index in [1.807, 2.05) is 36.4 Å². The lowest BCUT2D eigenvalue weighted by Crippen LogP contribution is -1.89. The molecule has 0 saturated carbocycles. The summed E-state index contributed by atoms with van der Waals surface area (Å²) in [6, 6.07) is 13.3. The molecule has 1 nitrogen and oxygen atoms in total. The normalized spacial score (nSPS) is 10.5. The van der Waals surface area contributed by atoms with Crippen LogP contribution >= 0.6 is 35.0 Å². The van der Waals surface area contributed by atoms with E-state index in [-0.39, 0.29) is 0 Å². The molecule has 2 rings (SSSR count). The third-order valence-corrected chi connectivity index (χ3v) is 4.05. The lowest BCUT2D eigenvalue weighted by molar-refractivity contribution is 1.38. The van der Waals surface area contributed by atoms with Gasteiger partial charge in [0.1, 0.15) is 0 Å². The van der Waals surface area contributed by atoms with Crippen LogP contribution in [-0.4, -0.2) is 0 Å². The summed E-state index contributed by atoms with van der Waals surface area (Å²) in [5.74, 6) is 0.797. The summed E-state index contributed by atoms with van der Waals surface area (Å²) in [7, 11) is 0. The van der Waals surface area contributed by atoms with Crippen LogP contribution < -0.4 is 5.73 Å². The Morgan fingerprint density at radius 3 is 2.53 bits per heavy atom. The molecule has 0 fully saturated rings. The molecular weight excluding hydrogens is 273 g/mol. The van der Waals surface area contributed by atoms with Gasteiger partial charge in [0.25, 0.3) is 0 Å². The number of benzene rings is 2. The van der Waals surface area contributed by atoms with Crippen molar-refractivity contribution in [3.8, 4) is 0 Å². The highest BCUT2D eigenvalue weighted by molar-refractivity contribution is 7.98. The highest BCUT2D eigenvalue weighted by Gasteiger charge is 2.03. The largest absolute Gasteiger partial charge is 0.398 e. The Bertz CT molecular complexity index is 529. The Morgan fingerprint density at radius 1 is 1.06 bits per heavy atom. The number of rotatable bonds is 3. The summed E-state index contributed by atoms with van der Waals surface area (Å²) in [6.07, 6.45) is 0. The van der Waals surface area contributed by atoms with E-state index in [9.17, 15) is 0 Å².